The van der Waals surface area contributed by atoms with Crippen LogP contribution in [-0.4, -0.2) is 32.1 Å². The topological polar surface area (TPSA) is 92.6 Å². The number of nitrogens with zero attached hydrogens (tertiary/aromatic N) is 5. The lowest BCUT2D eigenvalue weighted by molar-refractivity contribution is 0.318. The lowest BCUT2D eigenvalue weighted by Crippen LogP contribution is -2.34. The van der Waals surface area contributed by atoms with Crippen molar-refractivity contribution in [2.24, 2.45) is 10.9 Å². The van der Waals surface area contributed by atoms with Gasteiger partial charge in [-0.2, -0.15) is 0 Å². The second-order valence-electron chi connectivity index (χ2n) is 4.80. The summed E-state index contributed by atoms with van der Waals surface area (Å²) in [5, 5.41) is 11.8. The summed E-state index contributed by atoms with van der Waals surface area (Å²) in [4.78, 5) is 11.0. The molecule has 3 N–H and O–H groups in total. The van der Waals surface area contributed by atoms with Gasteiger partial charge in [-0.15, -0.1) is 0 Å². The zero-order valence-electron chi connectivity index (χ0n) is 11.2. The minimum Gasteiger partial charge on any atom is -0.409 e. The Morgan fingerprint density at radius 3 is 3.05 bits per heavy atom. The predicted molar refractivity (Wildman–Crippen MR) is 74.8 cm³/mol. The van der Waals surface area contributed by atoms with Crippen LogP contribution in [0, 0.1) is 6.92 Å². The first-order chi connectivity index (χ1) is 9.67. The predicted octanol–water partition coefficient (Wildman–Crippen LogP) is 0.701. The number of anilines is 1. The maximum absolute atomic E-state index is 8.80. The van der Waals surface area contributed by atoms with E-state index in [1.165, 1.54) is 0 Å². The largest absolute Gasteiger partial charge is 0.409 e. The van der Waals surface area contributed by atoms with Gasteiger partial charge in [-0.1, -0.05) is 5.16 Å². The van der Waals surface area contributed by atoms with Gasteiger partial charge in [0.2, 0.25) is 0 Å². The van der Waals surface area contributed by atoms with Gasteiger partial charge in [-0.3, -0.25) is 0 Å². The summed E-state index contributed by atoms with van der Waals surface area (Å²) in [6.07, 6.45) is 3.79. The molecular weight excluding hydrogens is 256 g/mol. The molecule has 0 aliphatic carbocycles. The molecular formula is C13H16N6O. The molecule has 0 spiro atoms. The molecule has 0 bridgehead atoms. The Kier molecular flexibility index (Phi) is 3.02. The first-order valence-electron chi connectivity index (χ1n) is 6.39. The minimum atomic E-state index is 0.0928. The monoisotopic (exact) mass is 272 g/mol. The van der Waals surface area contributed by atoms with Gasteiger partial charge in [0.05, 0.1) is 6.54 Å². The van der Waals surface area contributed by atoms with Gasteiger partial charge >= 0.3 is 0 Å². The van der Waals surface area contributed by atoms with E-state index in [1.54, 1.807) is 6.07 Å². The third kappa shape index (κ3) is 2.18. The summed E-state index contributed by atoms with van der Waals surface area (Å²) in [6, 6.07) is 3.63. The molecule has 2 aromatic rings. The van der Waals surface area contributed by atoms with Crippen LogP contribution in [0.15, 0.2) is 29.7 Å². The molecule has 0 saturated heterocycles. The molecule has 7 nitrogen and oxygen atoms in total. The summed E-state index contributed by atoms with van der Waals surface area (Å²) >= 11 is 0. The van der Waals surface area contributed by atoms with E-state index in [9.17, 15) is 0 Å². The fourth-order valence-corrected chi connectivity index (χ4v) is 2.39. The number of pyridine rings is 1. The van der Waals surface area contributed by atoms with Gasteiger partial charge in [0.25, 0.3) is 0 Å². The quantitative estimate of drug-likeness (QED) is 0.363. The van der Waals surface area contributed by atoms with Gasteiger partial charge in [-0.05, 0) is 19.1 Å². The number of hydrogen-bond acceptors (Lipinski definition) is 5. The van der Waals surface area contributed by atoms with Crippen LogP contribution in [0.1, 0.15) is 17.1 Å². The number of aromatic nitrogens is 3. The molecule has 1 aliphatic rings. The van der Waals surface area contributed by atoms with Crippen LogP contribution in [0.2, 0.25) is 0 Å². The van der Waals surface area contributed by atoms with Crippen molar-refractivity contribution >= 4 is 11.7 Å². The fraction of sp³-hybridized carbons (Fsp3) is 0.308. The minimum absolute atomic E-state index is 0.0928. The Hall–Kier alpha value is -2.57. The van der Waals surface area contributed by atoms with Crippen LogP contribution in [0.25, 0.3) is 0 Å². The second kappa shape index (κ2) is 4.84. The highest BCUT2D eigenvalue weighted by molar-refractivity contribution is 5.97. The van der Waals surface area contributed by atoms with E-state index in [1.807, 2.05) is 25.4 Å². The molecule has 7 heteroatoms. The Labute approximate surface area is 116 Å². The van der Waals surface area contributed by atoms with E-state index >= 15 is 0 Å². The van der Waals surface area contributed by atoms with Crippen molar-refractivity contribution in [1.29, 1.82) is 0 Å². The third-order valence-electron chi connectivity index (χ3n) is 3.41. The SMILES string of the molecule is Cc1cc(/C(N)=N/O)cc(N2CCn3ccnc3C2)n1. The molecule has 0 radical (unpaired) electrons. The summed E-state index contributed by atoms with van der Waals surface area (Å²) in [5.74, 6) is 1.93. The average Bonchev–Trinajstić information content (AvgIpc) is 2.93. The summed E-state index contributed by atoms with van der Waals surface area (Å²) in [5.41, 5.74) is 7.16. The molecule has 0 unspecified atom stereocenters. The number of imidazole rings is 1. The molecule has 2 aromatic heterocycles. The fourth-order valence-electron chi connectivity index (χ4n) is 2.39. The smallest absolute Gasteiger partial charge is 0.170 e. The van der Waals surface area contributed by atoms with Crippen LogP contribution in [-0.2, 0) is 13.1 Å². The number of rotatable bonds is 2. The normalized spacial score (nSPS) is 15.2. The molecule has 20 heavy (non-hydrogen) atoms. The number of amidine groups is 1. The summed E-state index contributed by atoms with van der Waals surface area (Å²) in [6.45, 7) is 4.33. The van der Waals surface area contributed by atoms with Gasteiger partial charge in [0.15, 0.2) is 5.84 Å². The lowest BCUT2D eigenvalue weighted by Gasteiger charge is -2.29. The van der Waals surface area contributed by atoms with Gasteiger partial charge < -0.3 is 20.4 Å². The molecule has 0 atom stereocenters. The third-order valence-corrected chi connectivity index (χ3v) is 3.41. The maximum atomic E-state index is 8.80. The van der Waals surface area contributed by atoms with Crippen LogP contribution < -0.4 is 10.6 Å². The first kappa shape index (κ1) is 12.5. The van der Waals surface area contributed by atoms with E-state index in [0.29, 0.717) is 12.1 Å². The van der Waals surface area contributed by atoms with Crippen LogP contribution in [0.5, 0.6) is 0 Å². The summed E-state index contributed by atoms with van der Waals surface area (Å²) < 4.78 is 2.14. The van der Waals surface area contributed by atoms with Crippen LogP contribution in [0.3, 0.4) is 0 Å². The zero-order valence-corrected chi connectivity index (χ0v) is 11.2. The van der Waals surface area contributed by atoms with Crippen molar-refractivity contribution in [1.82, 2.24) is 14.5 Å². The Balaban J connectivity index is 1.93. The molecule has 0 amide bonds. The lowest BCUT2D eigenvalue weighted by atomic mass is 10.2. The van der Waals surface area contributed by atoms with Gasteiger partial charge in [0.1, 0.15) is 11.6 Å². The van der Waals surface area contributed by atoms with Gasteiger partial charge in [0, 0.05) is 36.7 Å². The maximum Gasteiger partial charge on any atom is 0.170 e. The molecule has 3 heterocycles. The van der Waals surface area contributed by atoms with Crippen molar-refractivity contribution in [2.75, 3.05) is 11.4 Å². The van der Waals surface area contributed by atoms with E-state index in [2.05, 4.69) is 24.6 Å². The highest BCUT2D eigenvalue weighted by Gasteiger charge is 2.18. The van der Waals surface area contributed by atoms with E-state index < -0.39 is 0 Å². The van der Waals surface area contributed by atoms with Crippen molar-refractivity contribution in [3.8, 4) is 0 Å². The van der Waals surface area contributed by atoms with Crippen molar-refractivity contribution in [3.63, 3.8) is 0 Å². The molecule has 104 valence electrons. The average molecular weight is 272 g/mol. The summed E-state index contributed by atoms with van der Waals surface area (Å²) in [7, 11) is 0. The number of fused-ring (bicyclic) bond motifs is 1. The Morgan fingerprint density at radius 1 is 1.40 bits per heavy atom. The van der Waals surface area contributed by atoms with Gasteiger partial charge in [-0.25, -0.2) is 9.97 Å². The second-order valence-corrected chi connectivity index (χ2v) is 4.80. The Bertz CT molecular complexity index is 663. The first-order valence-corrected chi connectivity index (χ1v) is 6.39. The zero-order chi connectivity index (χ0) is 14.1. The molecule has 0 aromatic carbocycles. The molecule has 0 fully saturated rings. The van der Waals surface area contributed by atoms with Crippen LogP contribution >= 0.6 is 0 Å². The highest BCUT2D eigenvalue weighted by Crippen LogP contribution is 2.20. The van der Waals surface area contributed by atoms with E-state index in [-0.39, 0.29) is 5.84 Å². The molecule has 1 aliphatic heterocycles. The Morgan fingerprint density at radius 2 is 2.25 bits per heavy atom. The number of aryl methyl sites for hydroxylation is 1. The van der Waals surface area contributed by atoms with E-state index in [0.717, 1.165) is 30.4 Å². The number of hydrogen-bond donors (Lipinski definition) is 2. The van der Waals surface area contributed by atoms with E-state index in [4.69, 9.17) is 10.9 Å². The van der Waals surface area contributed by atoms with Crippen molar-refractivity contribution in [3.05, 3.63) is 41.6 Å². The standard InChI is InChI=1S/C13H16N6O/c1-9-6-10(13(14)17-20)7-11(16-9)19-5-4-18-3-2-15-12(18)8-19/h2-3,6-7,20H,4-5,8H2,1H3,(H2,14,17). The number of oxime groups is 1. The van der Waals surface area contributed by atoms with Crippen molar-refractivity contribution < 1.29 is 5.21 Å². The molecule has 3 rings (SSSR count). The number of nitrogens with two attached hydrogens (primary N) is 1. The molecule has 0 saturated carbocycles. The van der Waals surface area contributed by atoms with Crippen molar-refractivity contribution in [2.45, 2.75) is 20.0 Å². The van der Waals surface area contributed by atoms with Crippen LogP contribution in [0.4, 0.5) is 5.82 Å². The highest BCUT2D eigenvalue weighted by atomic mass is 16.4.